The van der Waals surface area contributed by atoms with Crippen LogP contribution in [0.5, 0.6) is 11.5 Å². The fraction of sp³-hybridized carbons (Fsp3) is 0.400. The number of benzene rings is 2. The van der Waals surface area contributed by atoms with Gasteiger partial charge in [-0.05, 0) is 49.1 Å². The number of ether oxygens (including phenoxy) is 3. The molecule has 4 heteroatoms. The van der Waals surface area contributed by atoms with Gasteiger partial charge >= 0.3 is 0 Å². The molecule has 2 aromatic carbocycles. The smallest absolute Gasteiger partial charge is 0.142 e. The highest BCUT2D eigenvalue weighted by atomic mass is 16.5. The number of para-hydroxylation sites is 2. The molecule has 0 aromatic heterocycles. The zero-order valence-electron chi connectivity index (χ0n) is 14.2. The van der Waals surface area contributed by atoms with E-state index in [1.165, 1.54) is 5.56 Å². The Morgan fingerprint density at radius 1 is 1.12 bits per heavy atom. The summed E-state index contributed by atoms with van der Waals surface area (Å²) in [5.74, 6) is 1.78. The molecule has 1 N–H and O–H groups in total. The highest BCUT2D eigenvalue weighted by Crippen LogP contribution is 2.25. The Kier molecular flexibility index (Phi) is 5.96. The van der Waals surface area contributed by atoms with Gasteiger partial charge in [-0.3, -0.25) is 0 Å². The van der Waals surface area contributed by atoms with Crippen LogP contribution in [0.4, 0.5) is 5.69 Å². The van der Waals surface area contributed by atoms with Crippen molar-refractivity contribution in [1.29, 1.82) is 0 Å². The summed E-state index contributed by atoms with van der Waals surface area (Å²) in [5, 5.41) is 3.47. The zero-order valence-corrected chi connectivity index (χ0v) is 14.2. The fourth-order valence-electron chi connectivity index (χ4n) is 2.83. The van der Waals surface area contributed by atoms with Crippen molar-refractivity contribution in [3.05, 3.63) is 54.1 Å². The predicted octanol–water partition coefficient (Wildman–Crippen LogP) is 3.91. The highest BCUT2D eigenvalue weighted by molar-refractivity contribution is 5.56. The van der Waals surface area contributed by atoms with Gasteiger partial charge in [0.05, 0.1) is 18.9 Å². The molecule has 4 nitrogen and oxygen atoms in total. The summed E-state index contributed by atoms with van der Waals surface area (Å²) < 4.78 is 16.8. The topological polar surface area (TPSA) is 39.7 Å². The SMILES string of the molecule is COc1ccc(CCNc2ccccc2OCC2CCCO2)cc1. The largest absolute Gasteiger partial charge is 0.497 e. The second-order valence-electron chi connectivity index (χ2n) is 5.97. The minimum Gasteiger partial charge on any atom is -0.497 e. The van der Waals surface area contributed by atoms with E-state index in [4.69, 9.17) is 14.2 Å². The van der Waals surface area contributed by atoms with Gasteiger partial charge < -0.3 is 19.5 Å². The van der Waals surface area contributed by atoms with Gasteiger partial charge in [0.2, 0.25) is 0 Å². The minimum absolute atomic E-state index is 0.234. The van der Waals surface area contributed by atoms with Crippen LogP contribution in [-0.4, -0.2) is 33.0 Å². The average molecular weight is 327 g/mol. The van der Waals surface area contributed by atoms with Gasteiger partial charge in [-0.2, -0.15) is 0 Å². The summed E-state index contributed by atoms with van der Waals surface area (Å²) in [7, 11) is 1.68. The van der Waals surface area contributed by atoms with E-state index in [9.17, 15) is 0 Å². The van der Waals surface area contributed by atoms with Crippen molar-refractivity contribution in [3.63, 3.8) is 0 Å². The fourth-order valence-corrected chi connectivity index (χ4v) is 2.83. The maximum Gasteiger partial charge on any atom is 0.142 e. The first-order valence-electron chi connectivity index (χ1n) is 8.55. The summed E-state index contributed by atoms with van der Waals surface area (Å²) in [6.07, 6.45) is 3.41. The molecular formula is C20H25NO3. The molecule has 0 radical (unpaired) electrons. The number of hydrogen-bond acceptors (Lipinski definition) is 4. The van der Waals surface area contributed by atoms with Crippen molar-refractivity contribution in [3.8, 4) is 11.5 Å². The van der Waals surface area contributed by atoms with Crippen molar-refractivity contribution in [2.45, 2.75) is 25.4 Å². The van der Waals surface area contributed by atoms with Gasteiger partial charge in [-0.25, -0.2) is 0 Å². The van der Waals surface area contributed by atoms with Crippen LogP contribution >= 0.6 is 0 Å². The van der Waals surface area contributed by atoms with Crippen molar-refractivity contribution in [2.24, 2.45) is 0 Å². The van der Waals surface area contributed by atoms with E-state index in [0.717, 1.165) is 49.6 Å². The Balaban J connectivity index is 1.50. The summed E-state index contributed by atoms with van der Waals surface area (Å²) in [6.45, 7) is 2.33. The lowest BCUT2D eigenvalue weighted by atomic mass is 10.1. The van der Waals surface area contributed by atoms with E-state index in [2.05, 4.69) is 23.5 Å². The third-order valence-electron chi connectivity index (χ3n) is 4.22. The molecule has 0 aliphatic carbocycles. The van der Waals surface area contributed by atoms with E-state index < -0.39 is 0 Å². The van der Waals surface area contributed by atoms with Gasteiger partial charge in [0, 0.05) is 13.2 Å². The summed E-state index contributed by atoms with van der Waals surface area (Å²) in [6, 6.07) is 16.3. The molecule has 0 saturated carbocycles. The molecule has 0 spiro atoms. The number of anilines is 1. The average Bonchev–Trinajstić information content (AvgIpc) is 3.15. The quantitative estimate of drug-likeness (QED) is 0.798. The highest BCUT2D eigenvalue weighted by Gasteiger charge is 2.16. The van der Waals surface area contributed by atoms with Gasteiger partial charge in [-0.1, -0.05) is 24.3 Å². The van der Waals surface area contributed by atoms with Gasteiger partial charge in [0.25, 0.3) is 0 Å². The van der Waals surface area contributed by atoms with Gasteiger partial charge in [0.1, 0.15) is 18.1 Å². The summed E-state index contributed by atoms with van der Waals surface area (Å²) >= 11 is 0. The normalized spacial score (nSPS) is 16.8. The van der Waals surface area contributed by atoms with E-state index in [1.807, 2.05) is 30.3 Å². The van der Waals surface area contributed by atoms with Crippen LogP contribution in [0.3, 0.4) is 0 Å². The maximum absolute atomic E-state index is 5.95. The maximum atomic E-state index is 5.95. The van der Waals surface area contributed by atoms with Crippen LogP contribution < -0.4 is 14.8 Å². The van der Waals surface area contributed by atoms with Crippen molar-refractivity contribution in [2.75, 3.05) is 32.2 Å². The lowest BCUT2D eigenvalue weighted by Gasteiger charge is -2.15. The van der Waals surface area contributed by atoms with E-state index in [0.29, 0.717) is 6.61 Å². The molecule has 1 heterocycles. The van der Waals surface area contributed by atoms with Gasteiger partial charge in [0.15, 0.2) is 0 Å². The van der Waals surface area contributed by atoms with Crippen LogP contribution in [-0.2, 0) is 11.2 Å². The zero-order chi connectivity index (χ0) is 16.6. The summed E-state index contributed by atoms with van der Waals surface area (Å²) in [5.41, 5.74) is 2.31. The molecule has 128 valence electrons. The molecule has 1 aliphatic heterocycles. The Labute approximate surface area is 143 Å². The van der Waals surface area contributed by atoms with Crippen LogP contribution in [0.15, 0.2) is 48.5 Å². The van der Waals surface area contributed by atoms with E-state index in [-0.39, 0.29) is 6.10 Å². The Hall–Kier alpha value is -2.20. The lowest BCUT2D eigenvalue weighted by molar-refractivity contribution is 0.0682. The summed E-state index contributed by atoms with van der Waals surface area (Å²) in [4.78, 5) is 0. The molecule has 1 saturated heterocycles. The number of hydrogen-bond donors (Lipinski definition) is 1. The lowest BCUT2D eigenvalue weighted by Crippen LogP contribution is -2.17. The predicted molar refractivity (Wildman–Crippen MR) is 96.1 cm³/mol. The molecule has 1 fully saturated rings. The molecule has 0 amide bonds. The molecule has 1 unspecified atom stereocenters. The Morgan fingerprint density at radius 2 is 1.96 bits per heavy atom. The molecule has 2 aromatic rings. The van der Waals surface area contributed by atoms with Crippen LogP contribution in [0.1, 0.15) is 18.4 Å². The van der Waals surface area contributed by atoms with Crippen molar-refractivity contribution < 1.29 is 14.2 Å². The molecular weight excluding hydrogens is 302 g/mol. The van der Waals surface area contributed by atoms with Crippen LogP contribution in [0.2, 0.25) is 0 Å². The number of methoxy groups -OCH3 is 1. The van der Waals surface area contributed by atoms with E-state index in [1.54, 1.807) is 7.11 Å². The second kappa shape index (κ2) is 8.60. The third-order valence-corrected chi connectivity index (χ3v) is 4.22. The Morgan fingerprint density at radius 3 is 2.71 bits per heavy atom. The Bertz CT molecular complexity index is 621. The standard InChI is InChI=1S/C20H25NO3/c1-22-17-10-8-16(9-11-17)12-13-21-19-6-2-3-7-20(19)24-15-18-5-4-14-23-18/h2-3,6-11,18,21H,4-5,12-15H2,1H3. The van der Waals surface area contributed by atoms with Crippen molar-refractivity contribution in [1.82, 2.24) is 0 Å². The third kappa shape index (κ3) is 4.65. The van der Waals surface area contributed by atoms with Gasteiger partial charge in [-0.15, -0.1) is 0 Å². The van der Waals surface area contributed by atoms with Crippen LogP contribution in [0, 0.1) is 0 Å². The van der Waals surface area contributed by atoms with Crippen LogP contribution in [0.25, 0.3) is 0 Å². The molecule has 1 aliphatic rings. The second-order valence-corrected chi connectivity index (χ2v) is 5.97. The minimum atomic E-state index is 0.234. The first-order valence-corrected chi connectivity index (χ1v) is 8.55. The number of rotatable bonds is 8. The molecule has 1 atom stereocenters. The molecule has 3 rings (SSSR count). The first kappa shape index (κ1) is 16.7. The van der Waals surface area contributed by atoms with E-state index >= 15 is 0 Å². The number of nitrogens with one attached hydrogen (secondary N) is 1. The molecule has 24 heavy (non-hydrogen) atoms. The molecule has 0 bridgehead atoms. The first-order chi connectivity index (χ1) is 11.8. The monoisotopic (exact) mass is 327 g/mol. The van der Waals surface area contributed by atoms with Crippen molar-refractivity contribution >= 4 is 5.69 Å².